The van der Waals surface area contributed by atoms with Crippen molar-refractivity contribution in [1.29, 1.82) is 0 Å². The van der Waals surface area contributed by atoms with E-state index in [1.807, 2.05) is 18.2 Å². The minimum Gasteiger partial charge on any atom is -0.368 e. The fraction of sp³-hybridized carbons (Fsp3) is 0.556. The van der Waals surface area contributed by atoms with Crippen LogP contribution in [0.3, 0.4) is 0 Å². The van der Waals surface area contributed by atoms with Crippen LogP contribution in [0.2, 0.25) is 0 Å². The van der Waals surface area contributed by atoms with Gasteiger partial charge in [0.25, 0.3) is 0 Å². The number of aryl methyl sites for hydroxylation is 1. The molecule has 1 aliphatic carbocycles. The van der Waals surface area contributed by atoms with Gasteiger partial charge < -0.3 is 11.1 Å². The van der Waals surface area contributed by atoms with Crippen molar-refractivity contribution < 1.29 is 9.59 Å². The number of carbonyl (C=O) groups excluding carboxylic acids is 2. The van der Waals surface area contributed by atoms with Gasteiger partial charge in [-0.25, -0.2) is 0 Å². The van der Waals surface area contributed by atoms with E-state index >= 15 is 0 Å². The quantitative estimate of drug-likeness (QED) is 0.812. The van der Waals surface area contributed by atoms with Crippen LogP contribution in [0, 0.1) is 5.92 Å². The third-order valence-electron chi connectivity index (χ3n) is 4.44. The first-order chi connectivity index (χ1) is 10.7. The van der Waals surface area contributed by atoms with E-state index in [1.165, 1.54) is 12.0 Å². The highest BCUT2D eigenvalue weighted by Crippen LogP contribution is 2.23. The third kappa shape index (κ3) is 5.17. The van der Waals surface area contributed by atoms with E-state index in [0.29, 0.717) is 6.42 Å². The Kier molecular flexibility index (Phi) is 6.44. The molecule has 0 bridgehead atoms. The Labute approximate surface area is 132 Å². The van der Waals surface area contributed by atoms with Crippen LogP contribution in [0.1, 0.15) is 50.5 Å². The lowest BCUT2D eigenvalue weighted by Gasteiger charge is -2.23. The Morgan fingerprint density at radius 3 is 2.45 bits per heavy atom. The molecule has 0 aromatic heterocycles. The molecule has 1 fully saturated rings. The van der Waals surface area contributed by atoms with Gasteiger partial charge in [-0.2, -0.15) is 0 Å². The highest BCUT2D eigenvalue weighted by atomic mass is 16.2. The highest BCUT2D eigenvalue weighted by Gasteiger charge is 2.25. The number of nitrogens with one attached hydrogen (secondary N) is 1. The van der Waals surface area contributed by atoms with Crippen molar-refractivity contribution in [3.05, 3.63) is 35.9 Å². The zero-order valence-electron chi connectivity index (χ0n) is 13.1. The standard InChI is InChI=1S/C18H26N2O2/c19-17(21)16(13-7-10-14-8-3-1-4-9-14)20-18(22)15-11-5-2-6-12-15/h1,3-4,8-9,15-16H,2,5-7,10-13H2,(H2,19,21)(H,20,22)/t16-/m0/s1. The molecule has 0 unspecified atom stereocenters. The lowest BCUT2D eigenvalue weighted by Crippen LogP contribution is -2.46. The van der Waals surface area contributed by atoms with Crippen molar-refractivity contribution in [2.24, 2.45) is 11.7 Å². The van der Waals surface area contributed by atoms with Crippen LogP contribution in [0.15, 0.2) is 30.3 Å². The number of benzene rings is 1. The molecule has 4 heteroatoms. The van der Waals surface area contributed by atoms with E-state index in [-0.39, 0.29) is 11.8 Å². The predicted molar refractivity (Wildman–Crippen MR) is 87.1 cm³/mol. The molecule has 1 aromatic rings. The van der Waals surface area contributed by atoms with Gasteiger partial charge in [0.05, 0.1) is 0 Å². The summed E-state index contributed by atoms with van der Waals surface area (Å²) in [6.45, 7) is 0. The van der Waals surface area contributed by atoms with E-state index in [9.17, 15) is 9.59 Å². The number of primary amides is 1. The second-order valence-corrected chi connectivity index (χ2v) is 6.18. The molecule has 0 aliphatic heterocycles. The van der Waals surface area contributed by atoms with Gasteiger partial charge in [0.1, 0.15) is 6.04 Å². The predicted octanol–water partition coefficient (Wildman–Crippen LogP) is 2.56. The van der Waals surface area contributed by atoms with Crippen LogP contribution in [-0.2, 0) is 16.0 Å². The lowest BCUT2D eigenvalue weighted by atomic mass is 9.88. The maximum atomic E-state index is 12.2. The summed E-state index contributed by atoms with van der Waals surface area (Å²) in [5, 5.41) is 2.86. The summed E-state index contributed by atoms with van der Waals surface area (Å²) in [5.74, 6) is -0.370. The van der Waals surface area contributed by atoms with Crippen LogP contribution in [0.5, 0.6) is 0 Å². The van der Waals surface area contributed by atoms with E-state index < -0.39 is 11.9 Å². The third-order valence-corrected chi connectivity index (χ3v) is 4.44. The average molecular weight is 302 g/mol. The molecule has 1 atom stereocenters. The molecule has 120 valence electrons. The van der Waals surface area contributed by atoms with Gasteiger partial charge in [-0.05, 0) is 37.7 Å². The van der Waals surface area contributed by atoms with Gasteiger partial charge >= 0.3 is 0 Å². The lowest BCUT2D eigenvalue weighted by molar-refractivity contribution is -0.130. The average Bonchev–Trinajstić information content (AvgIpc) is 2.55. The largest absolute Gasteiger partial charge is 0.368 e. The Hall–Kier alpha value is -1.84. The van der Waals surface area contributed by atoms with Crippen molar-refractivity contribution in [3.63, 3.8) is 0 Å². The molecule has 1 aromatic carbocycles. The zero-order chi connectivity index (χ0) is 15.8. The van der Waals surface area contributed by atoms with Crippen LogP contribution in [-0.4, -0.2) is 17.9 Å². The van der Waals surface area contributed by atoms with Gasteiger partial charge in [0.2, 0.25) is 11.8 Å². The molecule has 2 rings (SSSR count). The molecule has 1 aliphatic rings. The molecule has 0 heterocycles. The molecule has 4 nitrogen and oxygen atoms in total. The van der Waals surface area contributed by atoms with Crippen LogP contribution in [0.25, 0.3) is 0 Å². The number of hydrogen-bond acceptors (Lipinski definition) is 2. The van der Waals surface area contributed by atoms with Gasteiger partial charge in [-0.1, -0.05) is 49.6 Å². The fourth-order valence-corrected chi connectivity index (χ4v) is 3.09. The normalized spacial score (nSPS) is 16.9. The number of carbonyl (C=O) groups is 2. The molecule has 3 N–H and O–H groups in total. The van der Waals surface area contributed by atoms with Crippen LogP contribution >= 0.6 is 0 Å². The van der Waals surface area contributed by atoms with Crippen molar-refractivity contribution in [3.8, 4) is 0 Å². The Bertz CT molecular complexity index is 481. The molecule has 2 amide bonds. The topological polar surface area (TPSA) is 72.2 Å². The first kappa shape index (κ1) is 16.5. The van der Waals surface area contributed by atoms with Crippen molar-refractivity contribution in [1.82, 2.24) is 5.32 Å². The van der Waals surface area contributed by atoms with Gasteiger partial charge in [0, 0.05) is 5.92 Å². The number of rotatable bonds is 7. The van der Waals surface area contributed by atoms with Gasteiger partial charge in [-0.15, -0.1) is 0 Å². The SMILES string of the molecule is NC(=O)[C@H](CCCc1ccccc1)NC(=O)C1CCCCC1. The van der Waals surface area contributed by atoms with E-state index in [0.717, 1.165) is 38.5 Å². The summed E-state index contributed by atoms with van der Waals surface area (Å²) < 4.78 is 0. The summed E-state index contributed by atoms with van der Waals surface area (Å²) in [7, 11) is 0. The van der Waals surface area contributed by atoms with Crippen LogP contribution < -0.4 is 11.1 Å². The van der Waals surface area contributed by atoms with E-state index in [4.69, 9.17) is 5.73 Å². The number of nitrogens with two attached hydrogens (primary N) is 1. The van der Waals surface area contributed by atoms with Crippen LogP contribution in [0.4, 0.5) is 0 Å². The second kappa shape index (κ2) is 8.57. The van der Waals surface area contributed by atoms with Crippen molar-refractivity contribution in [2.75, 3.05) is 0 Å². The first-order valence-electron chi connectivity index (χ1n) is 8.30. The fourth-order valence-electron chi connectivity index (χ4n) is 3.09. The van der Waals surface area contributed by atoms with Gasteiger partial charge in [0.15, 0.2) is 0 Å². The Balaban J connectivity index is 1.79. The summed E-state index contributed by atoms with van der Waals surface area (Å²) in [5.41, 5.74) is 6.68. The molecule has 0 spiro atoms. The molecule has 1 saturated carbocycles. The Morgan fingerprint density at radius 1 is 1.14 bits per heavy atom. The van der Waals surface area contributed by atoms with Crippen molar-refractivity contribution in [2.45, 2.75) is 57.4 Å². The zero-order valence-corrected chi connectivity index (χ0v) is 13.1. The van der Waals surface area contributed by atoms with Gasteiger partial charge in [-0.3, -0.25) is 9.59 Å². The second-order valence-electron chi connectivity index (χ2n) is 6.18. The summed E-state index contributed by atoms with van der Waals surface area (Å²) >= 11 is 0. The highest BCUT2D eigenvalue weighted by molar-refractivity contribution is 5.87. The first-order valence-corrected chi connectivity index (χ1v) is 8.30. The van der Waals surface area contributed by atoms with Crippen molar-refractivity contribution >= 4 is 11.8 Å². The Morgan fingerprint density at radius 2 is 1.82 bits per heavy atom. The summed E-state index contributed by atoms with van der Waals surface area (Å²) in [4.78, 5) is 23.8. The molecule has 0 saturated heterocycles. The summed E-state index contributed by atoms with van der Waals surface area (Å²) in [6, 6.07) is 9.59. The van der Waals surface area contributed by atoms with E-state index in [2.05, 4.69) is 17.4 Å². The monoisotopic (exact) mass is 302 g/mol. The van der Waals surface area contributed by atoms with E-state index in [1.54, 1.807) is 0 Å². The minimum absolute atomic E-state index is 0.00297. The minimum atomic E-state index is -0.543. The maximum Gasteiger partial charge on any atom is 0.239 e. The molecular weight excluding hydrogens is 276 g/mol. The maximum absolute atomic E-state index is 12.2. The smallest absolute Gasteiger partial charge is 0.239 e. The molecule has 0 radical (unpaired) electrons. The molecule has 22 heavy (non-hydrogen) atoms. The number of hydrogen-bond donors (Lipinski definition) is 2. The number of amides is 2. The summed E-state index contributed by atoms with van der Waals surface area (Å²) in [6.07, 6.45) is 7.61. The molecular formula is C18H26N2O2.